The summed E-state index contributed by atoms with van der Waals surface area (Å²) < 4.78 is 0. The lowest BCUT2D eigenvalue weighted by atomic mass is 9.97. The van der Waals surface area contributed by atoms with E-state index in [0.717, 1.165) is 24.4 Å². The van der Waals surface area contributed by atoms with Crippen LogP contribution in [0.15, 0.2) is 17.0 Å². The summed E-state index contributed by atoms with van der Waals surface area (Å²) in [6.07, 6.45) is 1.80. The number of amides is 1. The molecule has 1 N–H and O–H groups in total. The third-order valence-corrected chi connectivity index (χ3v) is 4.72. The highest BCUT2D eigenvalue weighted by Crippen LogP contribution is 2.38. The first-order valence-corrected chi connectivity index (χ1v) is 8.23. The predicted molar refractivity (Wildman–Crippen MR) is 86.1 cm³/mol. The van der Waals surface area contributed by atoms with Gasteiger partial charge in [-0.15, -0.1) is 11.3 Å². The molecule has 0 bridgehead atoms. The van der Waals surface area contributed by atoms with Gasteiger partial charge in [0.2, 0.25) is 0 Å². The maximum absolute atomic E-state index is 12.7. The molecule has 3 rings (SSSR count). The first-order chi connectivity index (χ1) is 10.5. The van der Waals surface area contributed by atoms with Gasteiger partial charge in [-0.25, -0.2) is 15.0 Å². The molecule has 3 heterocycles. The Morgan fingerprint density at radius 2 is 2.27 bits per heavy atom. The molecule has 0 aromatic carbocycles. The van der Waals surface area contributed by atoms with Gasteiger partial charge in [0, 0.05) is 30.7 Å². The van der Waals surface area contributed by atoms with Crippen molar-refractivity contribution in [2.45, 2.75) is 32.2 Å². The molecule has 6 nitrogen and oxygen atoms in total. The lowest BCUT2D eigenvalue weighted by molar-refractivity contribution is 0.0598. The van der Waals surface area contributed by atoms with Crippen LogP contribution in [0.3, 0.4) is 0 Å². The molecule has 0 radical (unpaired) electrons. The summed E-state index contributed by atoms with van der Waals surface area (Å²) in [6, 6.07) is 1.90. The van der Waals surface area contributed by atoms with Gasteiger partial charge in [-0.3, -0.25) is 4.79 Å². The quantitative estimate of drug-likeness (QED) is 0.941. The van der Waals surface area contributed by atoms with Gasteiger partial charge < -0.3 is 10.2 Å². The molecule has 0 aliphatic carbocycles. The number of aryl methyl sites for hydroxylation is 1. The first kappa shape index (κ1) is 14.9. The van der Waals surface area contributed by atoms with Crippen LogP contribution in [0.4, 0.5) is 5.82 Å². The van der Waals surface area contributed by atoms with E-state index in [0.29, 0.717) is 18.1 Å². The van der Waals surface area contributed by atoms with E-state index in [4.69, 9.17) is 0 Å². The Morgan fingerprint density at radius 1 is 1.45 bits per heavy atom. The zero-order valence-electron chi connectivity index (χ0n) is 13.0. The van der Waals surface area contributed by atoms with Gasteiger partial charge in [0.15, 0.2) is 5.82 Å². The van der Waals surface area contributed by atoms with Crippen molar-refractivity contribution >= 4 is 23.1 Å². The molecule has 1 amide bonds. The molecule has 1 aliphatic heterocycles. The maximum Gasteiger partial charge on any atom is 0.274 e. The second-order valence-electron chi connectivity index (χ2n) is 5.68. The highest BCUT2D eigenvalue weighted by molar-refractivity contribution is 7.07. The van der Waals surface area contributed by atoms with E-state index in [9.17, 15) is 4.79 Å². The minimum Gasteiger partial charge on any atom is -0.373 e. The van der Waals surface area contributed by atoms with Crippen molar-refractivity contribution in [2.24, 2.45) is 0 Å². The number of anilines is 1. The van der Waals surface area contributed by atoms with Gasteiger partial charge in [0.1, 0.15) is 17.1 Å². The van der Waals surface area contributed by atoms with Crippen molar-refractivity contribution < 1.29 is 4.79 Å². The van der Waals surface area contributed by atoms with Crippen LogP contribution in [0.25, 0.3) is 0 Å². The average Bonchev–Trinajstić information content (AvgIpc) is 3.16. The van der Waals surface area contributed by atoms with Crippen molar-refractivity contribution in [3.63, 3.8) is 0 Å². The van der Waals surface area contributed by atoms with Crippen LogP contribution < -0.4 is 5.32 Å². The van der Waals surface area contributed by atoms with Crippen molar-refractivity contribution in [2.75, 3.05) is 18.9 Å². The van der Waals surface area contributed by atoms with Crippen LogP contribution in [-0.4, -0.2) is 39.4 Å². The normalized spacial score (nSPS) is 21.1. The third-order valence-electron chi connectivity index (χ3n) is 4.13. The number of aromatic nitrogens is 3. The van der Waals surface area contributed by atoms with Crippen molar-refractivity contribution in [3.8, 4) is 0 Å². The minimum atomic E-state index is -0.488. The third kappa shape index (κ3) is 2.45. The molecule has 1 saturated heterocycles. The SMILES string of the molecule is CNc1cc(C)nc([C@]2(C)CCCN2C(=O)c2cscn2)n1. The number of rotatable bonds is 3. The van der Waals surface area contributed by atoms with E-state index in [1.165, 1.54) is 11.3 Å². The number of hydrogen-bond donors (Lipinski definition) is 1. The molecule has 1 atom stereocenters. The summed E-state index contributed by atoms with van der Waals surface area (Å²) in [5.41, 5.74) is 2.59. The zero-order valence-corrected chi connectivity index (χ0v) is 13.8. The lowest BCUT2D eigenvalue weighted by Gasteiger charge is -2.33. The van der Waals surface area contributed by atoms with Gasteiger partial charge in [-0.05, 0) is 26.7 Å². The summed E-state index contributed by atoms with van der Waals surface area (Å²) in [5.74, 6) is 1.42. The highest BCUT2D eigenvalue weighted by atomic mass is 32.1. The van der Waals surface area contributed by atoms with Gasteiger partial charge in [0.25, 0.3) is 5.91 Å². The van der Waals surface area contributed by atoms with Crippen LogP contribution in [-0.2, 0) is 5.54 Å². The Kier molecular flexibility index (Phi) is 3.82. The van der Waals surface area contributed by atoms with E-state index in [1.807, 2.05) is 31.9 Å². The molecule has 1 fully saturated rings. The lowest BCUT2D eigenvalue weighted by Crippen LogP contribution is -2.44. The molecule has 0 spiro atoms. The van der Waals surface area contributed by atoms with E-state index in [2.05, 4.69) is 20.3 Å². The number of likely N-dealkylation sites (tertiary alicyclic amines) is 1. The fourth-order valence-electron chi connectivity index (χ4n) is 2.92. The van der Waals surface area contributed by atoms with Crippen LogP contribution in [0.2, 0.25) is 0 Å². The van der Waals surface area contributed by atoms with Crippen LogP contribution in [0, 0.1) is 6.92 Å². The fourth-order valence-corrected chi connectivity index (χ4v) is 3.44. The number of carbonyl (C=O) groups is 1. The zero-order chi connectivity index (χ0) is 15.7. The Hall–Kier alpha value is -2.02. The van der Waals surface area contributed by atoms with Crippen LogP contribution >= 0.6 is 11.3 Å². The number of thiazole rings is 1. The molecule has 22 heavy (non-hydrogen) atoms. The molecule has 7 heteroatoms. The summed E-state index contributed by atoms with van der Waals surface area (Å²) in [5, 5.41) is 4.84. The van der Waals surface area contributed by atoms with Gasteiger partial charge in [0.05, 0.1) is 5.51 Å². The van der Waals surface area contributed by atoms with Crippen LogP contribution in [0.5, 0.6) is 0 Å². The number of carbonyl (C=O) groups excluding carboxylic acids is 1. The number of hydrogen-bond acceptors (Lipinski definition) is 6. The number of nitrogens with one attached hydrogen (secondary N) is 1. The summed E-state index contributed by atoms with van der Waals surface area (Å²) in [7, 11) is 1.83. The smallest absolute Gasteiger partial charge is 0.274 e. The van der Waals surface area contributed by atoms with E-state index in [-0.39, 0.29) is 5.91 Å². The minimum absolute atomic E-state index is 0.0441. The molecular weight excluding hydrogens is 298 g/mol. The molecular formula is C15H19N5OS. The van der Waals surface area contributed by atoms with E-state index >= 15 is 0 Å². The van der Waals surface area contributed by atoms with E-state index in [1.54, 1.807) is 10.9 Å². The second kappa shape index (κ2) is 5.64. The molecule has 0 unspecified atom stereocenters. The van der Waals surface area contributed by atoms with Crippen molar-refractivity contribution in [1.29, 1.82) is 0 Å². The number of nitrogens with zero attached hydrogens (tertiary/aromatic N) is 4. The Bertz CT molecular complexity index is 687. The van der Waals surface area contributed by atoms with E-state index < -0.39 is 5.54 Å². The Morgan fingerprint density at radius 3 is 2.95 bits per heavy atom. The molecule has 2 aromatic heterocycles. The Labute approximate surface area is 133 Å². The second-order valence-corrected chi connectivity index (χ2v) is 6.39. The Balaban J connectivity index is 2.00. The standard InChI is InChI=1S/C15H19N5OS/c1-10-7-12(16-3)19-14(18-10)15(2)5-4-6-20(15)13(21)11-8-22-9-17-11/h7-9H,4-6H2,1-3H3,(H,16,18,19)/t15-/m0/s1. The molecule has 116 valence electrons. The largest absolute Gasteiger partial charge is 0.373 e. The van der Waals surface area contributed by atoms with Crippen molar-refractivity contribution in [1.82, 2.24) is 19.9 Å². The fraction of sp³-hybridized carbons (Fsp3) is 0.467. The van der Waals surface area contributed by atoms with Gasteiger partial charge in [-0.1, -0.05) is 0 Å². The monoisotopic (exact) mass is 317 g/mol. The maximum atomic E-state index is 12.7. The predicted octanol–water partition coefficient (Wildman–Crippen LogP) is 2.43. The summed E-state index contributed by atoms with van der Waals surface area (Å²) in [6.45, 7) is 4.69. The van der Waals surface area contributed by atoms with Crippen molar-refractivity contribution in [3.05, 3.63) is 34.2 Å². The summed E-state index contributed by atoms with van der Waals surface area (Å²) >= 11 is 1.43. The molecule has 2 aromatic rings. The molecule has 0 saturated carbocycles. The topological polar surface area (TPSA) is 71.0 Å². The van der Waals surface area contributed by atoms with Gasteiger partial charge >= 0.3 is 0 Å². The van der Waals surface area contributed by atoms with Crippen LogP contribution in [0.1, 0.15) is 41.8 Å². The van der Waals surface area contributed by atoms with Gasteiger partial charge in [-0.2, -0.15) is 0 Å². The highest BCUT2D eigenvalue weighted by Gasteiger charge is 2.44. The first-order valence-electron chi connectivity index (χ1n) is 7.28. The average molecular weight is 317 g/mol. The molecule has 1 aliphatic rings. The summed E-state index contributed by atoms with van der Waals surface area (Å²) in [4.78, 5) is 27.9.